The van der Waals surface area contributed by atoms with E-state index in [9.17, 15) is 4.79 Å². The summed E-state index contributed by atoms with van der Waals surface area (Å²) in [6.07, 6.45) is 5.27. The molecule has 1 saturated heterocycles. The normalized spacial score (nSPS) is 20.4. The number of benzene rings is 1. The Hall–Kier alpha value is -2.20. The average Bonchev–Trinajstić information content (AvgIpc) is 3.09. The molecule has 0 spiro atoms. The molecule has 3 rings (SSSR count). The Labute approximate surface area is 136 Å². The van der Waals surface area contributed by atoms with Crippen LogP contribution in [0.25, 0.3) is 0 Å². The van der Waals surface area contributed by atoms with Gasteiger partial charge in [-0.1, -0.05) is 37.3 Å². The van der Waals surface area contributed by atoms with Gasteiger partial charge in [0.15, 0.2) is 0 Å². The first-order valence-electron chi connectivity index (χ1n) is 8.17. The van der Waals surface area contributed by atoms with E-state index in [-0.39, 0.29) is 12.0 Å². The fraction of sp³-hybridized carbons (Fsp3) is 0.368. The average molecular weight is 310 g/mol. The molecular formula is C19H22N2O2. The fourth-order valence-electron chi connectivity index (χ4n) is 3.10. The van der Waals surface area contributed by atoms with Gasteiger partial charge in [0.2, 0.25) is 0 Å². The van der Waals surface area contributed by atoms with E-state index in [1.165, 1.54) is 5.56 Å². The molecule has 120 valence electrons. The van der Waals surface area contributed by atoms with E-state index >= 15 is 0 Å². The molecule has 0 aliphatic carbocycles. The van der Waals surface area contributed by atoms with E-state index in [4.69, 9.17) is 4.74 Å². The third-order valence-electron chi connectivity index (χ3n) is 4.40. The molecule has 1 aromatic heterocycles. The van der Waals surface area contributed by atoms with Gasteiger partial charge in [-0.3, -0.25) is 9.78 Å². The number of nitrogens with zero attached hydrogens (tertiary/aromatic N) is 1. The van der Waals surface area contributed by atoms with Crippen LogP contribution in [0.5, 0.6) is 0 Å². The Bertz CT molecular complexity index is 657. The molecule has 4 nitrogen and oxygen atoms in total. The highest BCUT2D eigenvalue weighted by Gasteiger charge is 2.29. The Morgan fingerprint density at radius 3 is 2.91 bits per heavy atom. The van der Waals surface area contributed by atoms with Crippen LogP contribution in [0, 0.1) is 5.92 Å². The lowest BCUT2D eigenvalue weighted by Gasteiger charge is -2.19. The van der Waals surface area contributed by atoms with Crippen molar-refractivity contribution in [1.82, 2.24) is 10.3 Å². The van der Waals surface area contributed by atoms with Crippen LogP contribution in [0.2, 0.25) is 0 Å². The molecule has 23 heavy (non-hydrogen) atoms. The van der Waals surface area contributed by atoms with Crippen LogP contribution in [-0.4, -0.2) is 24.0 Å². The number of amides is 1. The molecule has 2 aromatic rings. The molecule has 1 aliphatic rings. The van der Waals surface area contributed by atoms with Gasteiger partial charge in [-0.15, -0.1) is 0 Å². The molecule has 1 amide bonds. The van der Waals surface area contributed by atoms with E-state index < -0.39 is 0 Å². The summed E-state index contributed by atoms with van der Waals surface area (Å²) in [7, 11) is 0. The van der Waals surface area contributed by atoms with Crippen molar-refractivity contribution >= 4 is 5.91 Å². The zero-order valence-electron chi connectivity index (χ0n) is 13.4. The van der Waals surface area contributed by atoms with E-state index in [0.717, 1.165) is 30.6 Å². The Morgan fingerprint density at radius 1 is 1.30 bits per heavy atom. The van der Waals surface area contributed by atoms with Gasteiger partial charge in [0.1, 0.15) is 0 Å². The highest BCUT2D eigenvalue weighted by Crippen LogP contribution is 2.33. The summed E-state index contributed by atoms with van der Waals surface area (Å²) in [5, 5.41) is 3.07. The molecule has 1 aliphatic heterocycles. The molecular weight excluding hydrogens is 288 g/mol. The highest BCUT2D eigenvalue weighted by atomic mass is 16.5. The lowest BCUT2D eigenvalue weighted by molar-refractivity contribution is 0.0846. The predicted octanol–water partition coefficient (Wildman–Crippen LogP) is 3.15. The number of aromatic nitrogens is 1. The maximum atomic E-state index is 12.4. The van der Waals surface area contributed by atoms with E-state index in [2.05, 4.69) is 22.4 Å². The van der Waals surface area contributed by atoms with Crippen LogP contribution in [0.1, 0.15) is 40.9 Å². The van der Waals surface area contributed by atoms with Crippen molar-refractivity contribution in [3.8, 4) is 0 Å². The largest absolute Gasteiger partial charge is 0.373 e. The first-order chi connectivity index (χ1) is 11.3. The first-order valence-corrected chi connectivity index (χ1v) is 8.17. The molecule has 0 unspecified atom stereocenters. The summed E-state index contributed by atoms with van der Waals surface area (Å²) in [4.78, 5) is 16.5. The van der Waals surface area contributed by atoms with Crippen molar-refractivity contribution in [2.24, 2.45) is 5.92 Å². The SMILES string of the molecule is CCc1cnccc1C(=O)NC[C@@H]1CCO[C@H]1c1ccccc1. The summed E-state index contributed by atoms with van der Waals surface area (Å²) in [5.41, 5.74) is 2.88. The molecule has 0 radical (unpaired) electrons. The molecule has 1 aromatic carbocycles. The van der Waals surface area contributed by atoms with Crippen molar-refractivity contribution in [3.05, 3.63) is 65.5 Å². The van der Waals surface area contributed by atoms with Crippen LogP contribution >= 0.6 is 0 Å². The molecule has 2 heterocycles. The lowest BCUT2D eigenvalue weighted by atomic mass is 9.95. The highest BCUT2D eigenvalue weighted by molar-refractivity contribution is 5.95. The van der Waals surface area contributed by atoms with Gasteiger partial charge in [-0.05, 0) is 30.0 Å². The zero-order chi connectivity index (χ0) is 16.1. The summed E-state index contributed by atoms with van der Waals surface area (Å²) < 4.78 is 5.87. The van der Waals surface area contributed by atoms with Crippen LogP contribution in [0.3, 0.4) is 0 Å². The second-order valence-electron chi connectivity index (χ2n) is 5.85. The summed E-state index contributed by atoms with van der Waals surface area (Å²) in [6, 6.07) is 12.0. The summed E-state index contributed by atoms with van der Waals surface area (Å²) >= 11 is 0. The summed E-state index contributed by atoms with van der Waals surface area (Å²) in [6.45, 7) is 3.41. The fourth-order valence-corrected chi connectivity index (χ4v) is 3.10. The number of pyridine rings is 1. The quantitative estimate of drug-likeness (QED) is 0.923. The number of rotatable bonds is 5. The molecule has 1 N–H and O–H groups in total. The van der Waals surface area contributed by atoms with Gasteiger partial charge >= 0.3 is 0 Å². The van der Waals surface area contributed by atoms with Crippen molar-refractivity contribution in [2.45, 2.75) is 25.9 Å². The zero-order valence-corrected chi connectivity index (χ0v) is 13.4. The van der Waals surface area contributed by atoms with Gasteiger partial charge in [0.05, 0.1) is 6.10 Å². The number of hydrogen-bond donors (Lipinski definition) is 1. The minimum absolute atomic E-state index is 0.0250. The Kier molecular flexibility index (Phi) is 5.03. The molecule has 2 atom stereocenters. The maximum Gasteiger partial charge on any atom is 0.251 e. The van der Waals surface area contributed by atoms with Gasteiger partial charge in [-0.2, -0.15) is 0 Å². The summed E-state index contributed by atoms with van der Waals surface area (Å²) in [5.74, 6) is 0.288. The molecule has 4 heteroatoms. The van der Waals surface area contributed by atoms with Crippen molar-refractivity contribution < 1.29 is 9.53 Å². The number of carbonyl (C=O) groups is 1. The minimum Gasteiger partial charge on any atom is -0.373 e. The number of hydrogen-bond acceptors (Lipinski definition) is 3. The second-order valence-corrected chi connectivity index (χ2v) is 5.85. The topological polar surface area (TPSA) is 51.2 Å². The van der Waals surface area contributed by atoms with Crippen molar-refractivity contribution in [3.63, 3.8) is 0 Å². The van der Waals surface area contributed by atoms with Crippen LogP contribution < -0.4 is 5.32 Å². The standard InChI is InChI=1S/C19H22N2O2/c1-2-14-12-20-10-8-17(14)19(22)21-13-16-9-11-23-18(16)15-6-4-3-5-7-15/h3-8,10,12,16,18H,2,9,11,13H2,1H3,(H,21,22)/t16-,18-/m0/s1. The number of nitrogens with one attached hydrogen (secondary N) is 1. The smallest absolute Gasteiger partial charge is 0.251 e. The molecule has 1 fully saturated rings. The van der Waals surface area contributed by atoms with Crippen LogP contribution in [-0.2, 0) is 11.2 Å². The second kappa shape index (κ2) is 7.38. The number of aryl methyl sites for hydroxylation is 1. The van der Waals surface area contributed by atoms with Crippen molar-refractivity contribution in [2.75, 3.05) is 13.2 Å². The third kappa shape index (κ3) is 3.59. The number of ether oxygens (including phenoxy) is 1. The monoisotopic (exact) mass is 310 g/mol. The van der Waals surface area contributed by atoms with E-state index in [1.807, 2.05) is 25.1 Å². The van der Waals surface area contributed by atoms with Gasteiger partial charge in [0.25, 0.3) is 5.91 Å². The maximum absolute atomic E-state index is 12.4. The van der Waals surface area contributed by atoms with Crippen LogP contribution in [0.4, 0.5) is 0 Å². The minimum atomic E-state index is -0.0250. The first kappa shape index (κ1) is 15.7. The van der Waals surface area contributed by atoms with Gasteiger partial charge in [0, 0.05) is 37.0 Å². The van der Waals surface area contributed by atoms with Gasteiger partial charge < -0.3 is 10.1 Å². The van der Waals surface area contributed by atoms with Gasteiger partial charge in [-0.25, -0.2) is 0 Å². The van der Waals surface area contributed by atoms with E-state index in [1.54, 1.807) is 18.5 Å². The molecule has 0 saturated carbocycles. The van der Waals surface area contributed by atoms with E-state index in [0.29, 0.717) is 12.5 Å². The predicted molar refractivity (Wildman–Crippen MR) is 89.2 cm³/mol. The van der Waals surface area contributed by atoms with Crippen molar-refractivity contribution in [1.29, 1.82) is 0 Å². The lowest BCUT2D eigenvalue weighted by Crippen LogP contribution is -2.31. The number of carbonyl (C=O) groups excluding carboxylic acids is 1. The Morgan fingerprint density at radius 2 is 2.13 bits per heavy atom. The third-order valence-corrected chi connectivity index (χ3v) is 4.40. The Balaban J connectivity index is 1.64. The molecule has 0 bridgehead atoms. The van der Waals surface area contributed by atoms with Crippen LogP contribution in [0.15, 0.2) is 48.8 Å².